The highest BCUT2D eigenvalue weighted by Crippen LogP contribution is 2.36. The minimum atomic E-state index is -0.517. The lowest BCUT2D eigenvalue weighted by atomic mass is 10.1. The molecular weight excluding hydrogens is 482 g/mol. The highest BCUT2D eigenvalue weighted by Gasteiger charge is 2.36. The van der Waals surface area contributed by atoms with Crippen LogP contribution in [0.3, 0.4) is 0 Å². The first-order valence-electron chi connectivity index (χ1n) is 10.9. The van der Waals surface area contributed by atoms with Crippen LogP contribution in [0.25, 0.3) is 6.08 Å². The number of nitrogens with zero attached hydrogens (tertiary/aromatic N) is 2. The maximum atomic E-state index is 12.8. The quantitative estimate of drug-likeness (QED) is 0.433. The lowest BCUT2D eigenvalue weighted by molar-refractivity contribution is -0.127. The summed E-state index contributed by atoms with van der Waals surface area (Å²) in [6.07, 6.45) is 2.28. The molecule has 1 N–H and O–H groups in total. The van der Waals surface area contributed by atoms with Gasteiger partial charge in [-0.1, -0.05) is 35.9 Å². The van der Waals surface area contributed by atoms with Gasteiger partial charge in [0.1, 0.15) is 12.3 Å². The van der Waals surface area contributed by atoms with E-state index in [9.17, 15) is 14.4 Å². The van der Waals surface area contributed by atoms with Crippen LogP contribution < -0.4 is 5.32 Å². The molecule has 1 aromatic heterocycles. The summed E-state index contributed by atoms with van der Waals surface area (Å²) in [5.74, 6) is -0.499. The molecular formula is C26H21N3O4S2. The molecule has 2 aliphatic heterocycles. The SMILES string of the molecule is Cc1ccc(NC(=O)CN2C(=O)SC(=Cc3ccc(SC4=Nc5ccccc5C4)o3)C2=O)c(C)c1. The molecule has 0 radical (unpaired) electrons. The molecule has 2 aliphatic rings. The summed E-state index contributed by atoms with van der Waals surface area (Å²) < 4.78 is 5.84. The Bertz CT molecular complexity index is 1420. The number of fused-ring (bicyclic) bond motifs is 1. The van der Waals surface area contributed by atoms with Crippen molar-refractivity contribution in [2.24, 2.45) is 4.99 Å². The topological polar surface area (TPSA) is 92.0 Å². The minimum absolute atomic E-state index is 0.214. The van der Waals surface area contributed by atoms with E-state index in [0.717, 1.165) is 44.9 Å². The Morgan fingerprint density at radius 2 is 2.00 bits per heavy atom. The highest BCUT2D eigenvalue weighted by molar-refractivity contribution is 8.18. The van der Waals surface area contributed by atoms with Crippen molar-refractivity contribution in [3.05, 3.63) is 82.0 Å². The van der Waals surface area contributed by atoms with Gasteiger partial charge >= 0.3 is 0 Å². The second-order valence-corrected chi connectivity index (χ2v) is 10.3. The predicted octanol–water partition coefficient (Wildman–Crippen LogP) is 5.95. The van der Waals surface area contributed by atoms with Gasteiger partial charge in [-0.05, 0) is 72.8 Å². The van der Waals surface area contributed by atoms with E-state index in [1.165, 1.54) is 23.4 Å². The van der Waals surface area contributed by atoms with E-state index < -0.39 is 17.1 Å². The molecule has 7 nitrogen and oxygen atoms in total. The average Bonchev–Trinajstić information content (AvgIpc) is 3.50. The van der Waals surface area contributed by atoms with E-state index in [4.69, 9.17) is 4.42 Å². The first kappa shape index (κ1) is 23.2. The van der Waals surface area contributed by atoms with Gasteiger partial charge < -0.3 is 9.73 Å². The largest absolute Gasteiger partial charge is 0.450 e. The van der Waals surface area contributed by atoms with Gasteiger partial charge in [0.15, 0.2) is 5.09 Å². The number of carbonyl (C=O) groups is 3. The number of amides is 3. The molecule has 0 unspecified atom stereocenters. The van der Waals surface area contributed by atoms with E-state index in [0.29, 0.717) is 16.5 Å². The average molecular weight is 504 g/mol. The fourth-order valence-corrected chi connectivity index (χ4v) is 5.50. The number of thioether (sulfide) groups is 2. The van der Waals surface area contributed by atoms with E-state index >= 15 is 0 Å². The Hall–Kier alpha value is -3.56. The molecule has 1 fully saturated rings. The number of benzene rings is 2. The highest BCUT2D eigenvalue weighted by atomic mass is 32.2. The van der Waals surface area contributed by atoms with Crippen LogP contribution in [0.1, 0.15) is 22.5 Å². The van der Waals surface area contributed by atoms with E-state index in [-0.39, 0.29) is 11.4 Å². The molecule has 3 amide bonds. The smallest absolute Gasteiger partial charge is 0.294 e. The van der Waals surface area contributed by atoms with Gasteiger partial charge in [0.25, 0.3) is 11.1 Å². The summed E-state index contributed by atoms with van der Waals surface area (Å²) in [7, 11) is 0. The number of hydrogen-bond donors (Lipinski definition) is 1. The lowest BCUT2D eigenvalue weighted by Gasteiger charge is -2.13. The van der Waals surface area contributed by atoms with E-state index in [1.54, 1.807) is 12.1 Å². The van der Waals surface area contributed by atoms with E-state index in [1.807, 2.05) is 50.2 Å². The first-order chi connectivity index (χ1) is 16.9. The molecule has 1 saturated heterocycles. The zero-order valence-corrected chi connectivity index (χ0v) is 20.7. The lowest BCUT2D eigenvalue weighted by Crippen LogP contribution is -2.36. The van der Waals surface area contributed by atoms with Crippen molar-refractivity contribution in [1.29, 1.82) is 0 Å². The third-order valence-corrected chi connectivity index (χ3v) is 7.30. The van der Waals surface area contributed by atoms with Crippen LogP contribution in [0, 0.1) is 13.8 Å². The molecule has 3 aromatic rings. The standard InChI is InChI=1S/C26H21N3O4S2/c1-15-7-9-19(16(2)11-15)27-22(30)14-29-25(31)21(34-26(29)32)13-18-8-10-24(33-18)35-23-12-17-5-3-4-6-20(17)28-23/h3-11,13H,12,14H2,1-2H3,(H,27,30). The second kappa shape index (κ2) is 9.59. The van der Waals surface area contributed by atoms with Gasteiger partial charge in [0.05, 0.1) is 15.6 Å². The number of rotatable bonds is 5. The van der Waals surface area contributed by atoms with Crippen LogP contribution in [0.15, 0.2) is 74.0 Å². The fourth-order valence-electron chi connectivity index (χ4n) is 3.80. The second-order valence-electron chi connectivity index (χ2n) is 8.20. The molecule has 0 spiro atoms. The van der Waals surface area contributed by atoms with Crippen molar-refractivity contribution < 1.29 is 18.8 Å². The van der Waals surface area contributed by atoms with Crippen LogP contribution in [-0.4, -0.2) is 33.5 Å². The Morgan fingerprint density at radius 1 is 1.17 bits per heavy atom. The monoisotopic (exact) mass is 503 g/mol. The van der Waals surface area contributed by atoms with Crippen molar-refractivity contribution in [2.45, 2.75) is 25.4 Å². The fraction of sp³-hybridized carbons (Fsp3) is 0.154. The van der Waals surface area contributed by atoms with Crippen LogP contribution in [0.4, 0.5) is 16.2 Å². The number of aryl methyl sites for hydroxylation is 2. The number of para-hydroxylation sites is 1. The van der Waals surface area contributed by atoms with Crippen molar-refractivity contribution in [2.75, 3.05) is 11.9 Å². The normalized spacial score (nSPS) is 16.1. The molecule has 3 heterocycles. The molecule has 5 rings (SSSR count). The van der Waals surface area contributed by atoms with Crippen molar-refractivity contribution in [1.82, 2.24) is 4.90 Å². The summed E-state index contributed by atoms with van der Waals surface area (Å²) in [6.45, 7) is 3.50. The van der Waals surface area contributed by atoms with Crippen LogP contribution in [0.5, 0.6) is 0 Å². The van der Waals surface area contributed by atoms with Crippen molar-refractivity contribution in [3.8, 4) is 0 Å². The number of carbonyl (C=O) groups excluding carboxylic acids is 3. The van der Waals surface area contributed by atoms with E-state index in [2.05, 4.69) is 16.4 Å². The van der Waals surface area contributed by atoms with Gasteiger partial charge in [0.2, 0.25) is 5.91 Å². The Labute approximate surface area is 210 Å². The minimum Gasteiger partial charge on any atom is -0.450 e. The first-order valence-corrected chi connectivity index (χ1v) is 12.5. The Morgan fingerprint density at radius 3 is 2.80 bits per heavy atom. The van der Waals surface area contributed by atoms with Gasteiger partial charge in [0, 0.05) is 18.2 Å². The van der Waals surface area contributed by atoms with Gasteiger partial charge in [-0.25, -0.2) is 4.99 Å². The molecule has 0 aliphatic carbocycles. The maximum Gasteiger partial charge on any atom is 0.294 e. The number of furan rings is 1. The van der Waals surface area contributed by atoms with Gasteiger partial charge in [-0.3, -0.25) is 19.3 Å². The number of anilines is 1. The Kier molecular flexibility index (Phi) is 6.36. The van der Waals surface area contributed by atoms with Gasteiger partial charge in [-0.2, -0.15) is 0 Å². The Balaban J connectivity index is 1.22. The summed E-state index contributed by atoms with van der Waals surface area (Å²) >= 11 is 2.22. The molecule has 0 atom stereocenters. The summed E-state index contributed by atoms with van der Waals surface area (Å²) in [4.78, 5) is 43.5. The van der Waals surface area contributed by atoms with Crippen LogP contribution >= 0.6 is 23.5 Å². The molecule has 0 bridgehead atoms. The molecule has 2 aromatic carbocycles. The summed E-state index contributed by atoms with van der Waals surface area (Å²) in [5.41, 5.74) is 4.79. The third kappa shape index (κ3) is 5.11. The predicted molar refractivity (Wildman–Crippen MR) is 139 cm³/mol. The number of imide groups is 1. The molecule has 176 valence electrons. The zero-order valence-electron chi connectivity index (χ0n) is 19.0. The summed E-state index contributed by atoms with van der Waals surface area (Å²) in [5, 5.41) is 3.86. The van der Waals surface area contributed by atoms with Crippen LogP contribution in [-0.2, 0) is 16.0 Å². The molecule has 0 saturated carbocycles. The number of nitrogens with one attached hydrogen (secondary N) is 1. The molecule has 35 heavy (non-hydrogen) atoms. The maximum absolute atomic E-state index is 12.8. The van der Waals surface area contributed by atoms with Crippen molar-refractivity contribution in [3.63, 3.8) is 0 Å². The third-order valence-electron chi connectivity index (χ3n) is 5.50. The summed E-state index contributed by atoms with van der Waals surface area (Å²) in [6, 6.07) is 17.2. The molecule has 9 heteroatoms. The number of hydrogen-bond acceptors (Lipinski definition) is 7. The van der Waals surface area contributed by atoms with Gasteiger partial charge in [-0.15, -0.1) is 0 Å². The van der Waals surface area contributed by atoms with Crippen LogP contribution in [0.2, 0.25) is 0 Å². The number of aliphatic imine (C=N–C) groups is 1. The van der Waals surface area contributed by atoms with Crippen molar-refractivity contribution >= 4 is 63.1 Å². The zero-order chi connectivity index (χ0) is 24.5.